The van der Waals surface area contributed by atoms with Crippen molar-refractivity contribution >= 4 is 58.6 Å². The average molecular weight is 493 g/mol. The fourth-order valence-electron chi connectivity index (χ4n) is 3.13. The van der Waals surface area contributed by atoms with Gasteiger partial charge in [0.1, 0.15) is 0 Å². The molecule has 1 aliphatic heterocycles. The molecule has 0 saturated carbocycles. The molecule has 144 valence electrons. The van der Waals surface area contributed by atoms with Gasteiger partial charge in [-0.05, 0) is 0 Å². The molecular weight excluding hydrogens is 476 g/mol. The van der Waals surface area contributed by atoms with Crippen molar-refractivity contribution in [1.82, 2.24) is 4.31 Å². The number of nitrogens with zero attached hydrogens (tertiary/aromatic N) is 1. The van der Waals surface area contributed by atoms with Crippen LogP contribution in [-0.4, -0.2) is 50.8 Å². The van der Waals surface area contributed by atoms with Crippen molar-refractivity contribution in [2.75, 3.05) is 6.54 Å². The van der Waals surface area contributed by atoms with E-state index in [0.717, 1.165) is 8.77 Å². The van der Waals surface area contributed by atoms with E-state index < -0.39 is 21.5 Å². The first kappa shape index (κ1) is 20.6. The zero-order chi connectivity index (χ0) is 19.8. The van der Waals surface area contributed by atoms with E-state index in [9.17, 15) is 18.3 Å². The van der Waals surface area contributed by atoms with Crippen molar-refractivity contribution in [3.8, 4) is 0 Å². The first-order valence-electron chi connectivity index (χ1n) is 8.07. The van der Waals surface area contributed by atoms with Gasteiger partial charge in [0, 0.05) is 0 Å². The van der Waals surface area contributed by atoms with Gasteiger partial charge in [0.15, 0.2) is 0 Å². The molecule has 0 unspecified atom stereocenters. The standard InChI is InChI=1S/C18H17Cl2NO4SSe/c1-18(17(22)23)10-16(27-15-5-3-2-4-6-15)11-21(18)26(24,25)14-8-12(19)7-13(20)9-14/h2-9,16H,10-11H2,1H3,(H,22,23)/t16-,18-/m0/s1. The normalized spacial score (nSPS) is 23.4. The third-order valence-electron chi connectivity index (χ3n) is 4.48. The van der Waals surface area contributed by atoms with Gasteiger partial charge in [-0.25, -0.2) is 0 Å². The number of hydrogen-bond donors (Lipinski definition) is 1. The van der Waals surface area contributed by atoms with Crippen LogP contribution in [0.5, 0.6) is 0 Å². The van der Waals surface area contributed by atoms with Crippen molar-refractivity contribution in [2.24, 2.45) is 0 Å². The van der Waals surface area contributed by atoms with Crippen LogP contribution in [0.1, 0.15) is 13.3 Å². The van der Waals surface area contributed by atoms with Crippen LogP contribution in [0.4, 0.5) is 0 Å². The molecule has 27 heavy (non-hydrogen) atoms. The molecule has 1 saturated heterocycles. The predicted molar refractivity (Wildman–Crippen MR) is 107 cm³/mol. The molecule has 0 aromatic heterocycles. The summed E-state index contributed by atoms with van der Waals surface area (Å²) in [6.07, 6.45) is 0.255. The van der Waals surface area contributed by atoms with Crippen LogP contribution in [0.15, 0.2) is 53.4 Å². The van der Waals surface area contributed by atoms with E-state index in [1.54, 1.807) is 0 Å². The van der Waals surface area contributed by atoms with Crippen LogP contribution in [-0.2, 0) is 14.8 Å². The summed E-state index contributed by atoms with van der Waals surface area (Å²) in [4.78, 5) is 11.8. The molecule has 0 aliphatic carbocycles. The Balaban J connectivity index is 1.97. The Hall–Kier alpha value is -1.08. The van der Waals surface area contributed by atoms with Crippen LogP contribution in [0.2, 0.25) is 14.9 Å². The van der Waals surface area contributed by atoms with E-state index in [4.69, 9.17) is 23.2 Å². The number of rotatable bonds is 5. The molecule has 1 fully saturated rings. The van der Waals surface area contributed by atoms with Gasteiger partial charge in [0.25, 0.3) is 0 Å². The monoisotopic (exact) mass is 493 g/mol. The Labute approximate surface area is 174 Å². The Kier molecular flexibility index (Phi) is 5.92. The molecule has 1 heterocycles. The molecule has 2 aromatic rings. The summed E-state index contributed by atoms with van der Waals surface area (Å²) in [6, 6.07) is 13.7. The maximum absolute atomic E-state index is 13.2. The summed E-state index contributed by atoms with van der Waals surface area (Å²) < 4.78 is 28.6. The molecule has 1 aliphatic rings. The zero-order valence-corrected chi connectivity index (χ0v) is 18.3. The predicted octanol–water partition coefficient (Wildman–Crippen LogP) is 3.05. The Morgan fingerprint density at radius 2 is 1.78 bits per heavy atom. The quantitative estimate of drug-likeness (QED) is 0.651. The molecule has 0 spiro atoms. The van der Waals surface area contributed by atoms with Crippen LogP contribution >= 0.6 is 23.2 Å². The van der Waals surface area contributed by atoms with Gasteiger partial charge < -0.3 is 0 Å². The van der Waals surface area contributed by atoms with Gasteiger partial charge in [-0.2, -0.15) is 0 Å². The Bertz CT molecular complexity index is 950. The molecular formula is C18H17Cl2NO4SSe. The van der Waals surface area contributed by atoms with Crippen molar-refractivity contribution < 1.29 is 18.3 Å². The number of aliphatic carboxylic acids is 1. The van der Waals surface area contributed by atoms with Crippen LogP contribution in [0.3, 0.4) is 0 Å². The summed E-state index contributed by atoms with van der Waals surface area (Å²) in [5.41, 5.74) is -1.52. The Morgan fingerprint density at radius 3 is 2.33 bits per heavy atom. The second-order valence-corrected chi connectivity index (χ2v) is 12.1. The van der Waals surface area contributed by atoms with Gasteiger partial charge in [0.2, 0.25) is 0 Å². The zero-order valence-electron chi connectivity index (χ0n) is 14.3. The van der Waals surface area contributed by atoms with Gasteiger partial charge in [-0.15, -0.1) is 0 Å². The van der Waals surface area contributed by atoms with E-state index in [0.29, 0.717) is 0 Å². The number of carboxylic acid groups (broad SMARTS) is 1. The van der Waals surface area contributed by atoms with Crippen molar-refractivity contribution in [1.29, 1.82) is 0 Å². The van der Waals surface area contributed by atoms with E-state index in [1.807, 2.05) is 30.3 Å². The molecule has 0 radical (unpaired) electrons. The number of carboxylic acids is 1. The van der Waals surface area contributed by atoms with Gasteiger partial charge in [-0.3, -0.25) is 0 Å². The van der Waals surface area contributed by atoms with Crippen molar-refractivity contribution in [3.63, 3.8) is 0 Å². The van der Waals surface area contributed by atoms with E-state index >= 15 is 0 Å². The summed E-state index contributed by atoms with van der Waals surface area (Å²) in [7, 11) is -4.07. The molecule has 0 bridgehead atoms. The second-order valence-electron chi connectivity index (χ2n) is 6.48. The summed E-state index contributed by atoms with van der Waals surface area (Å²) in [5, 5.41) is 10.2. The van der Waals surface area contributed by atoms with E-state index in [-0.39, 0.29) is 47.7 Å². The fraction of sp³-hybridized carbons (Fsp3) is 0.278. The third kappa shape index (κ3) is 4.19. The Morgan fingerprint density at radius 1 is 1.19 bits per heavy atom. The number of benzene rings is 2. The van der Waals surface area contributed by atoms with Crippen molar-refractivity contribution in [2.45, 2.75) is 28.6 Å². The fourth-order valence-corrected chi connectivity index (χ4v) is 8.65. The summed E-state index contributed by atoms with van der Waals surface area (Å²) >= 11 is 11.9. The molecule has 0 amide bonds. The van der Waals surface area contributed by atoms with Crippen LogP contribution < -0.4 is 4.46 Å². The first-order valence-corrected chi connectivity index (χ1v) is 12.1. The van der Waals surface area contributed by atoms with E-state index in [1.165, 1.54) is 25.1 Å². The summed E-state index contributed by atoms with van der Waals surface area (Å²) in [5.74, 6) is -1.16. The first-order chi connectivity index (χ1) is 12.6. The molecule has 3 rings (SSSR count). The topological polar surface area (TPSA) is 74.7 Å². The maximum atomic E-state index is 13.2. The number of halogens is 2. The van der Waals surface area contributed by atoms with Gasteiger partial charge >= 0.3 is 175 Å². The van der Waals surface area contributed by atoms with Gasteiger partial charge in [0.05, 0.1) is 0 Å². The number of carbonyl (C=O) groups is 1. The SMILES string of the molecule is C[C@@]1(C(=O)O)C[C@H]([Se]c2ccccc2)CN1S(=O)(=O)c1cc(Cl)cc(Cl)c1. The molecule has 1 N–H and O–H groups in total. The molecule has 5 nitrogen and oxygen atoms in total. The average Bonchev–Trinajstić information content (AvgIpc) is 2.93. The molecule has 9 heteroatoms. The van der Waals surface area contributed by atoms with E-state index in [2.05, 4.69) is 0 Å². The number of hydrogen-bond acceptors (Lipinski definition) is 3. The van der Waals surface area contributed by atoms with Gasteiger partial charge in [-0.1, -0.05) is 0 Å². The minimum atomic E-state index is -4.07. The minimum absolute atomic E-state index is 0.0474. The van der Waals surface area contributed by atoms with Crippen LogP contribution in [0.25, 0.3) is 0 Å². The number of sulfonamides is 1. The van der Waals surface area contributed by atoms with Crippen molar-refractivity contribution in [3.05, 3.63) is 58.6 Å². The third-order valence-corrected chi connectivity index (χ3v) is 9.38. The molecule has 2 aromatic carbocycles. The van der Waals surface area contributed by atoms with Crippen LogP contribution in [0, 0.1) is 0 Å². The molecule has 2 atom stereocenters. The second kappa shape index (κ2) is 7.74. The summed E-state index contributed by atoms with van der Waals surface area (Å²) in [6.45, 7) is 1.60.